The molecule has 1 aliphatic heterocycles. The predicted octanol–water partition coefficient (Wildman–Crippen LogP) is 4.37. The number of carbonyl (C=O) groups is 2. The minimum absolute atomic E-state index is 0.0970. The van der Waals surface area contributed by atoms with Crippen LogP contribution in [0.15, 0.2) is 47.5 Å². The summed E-state index contributed by atoms with van der Waals surface area (Å²) < 4.78 is 5.25. The van der Waals surface area contributed by atoms with Crippen LogP contribution < -0.4 is 10.1 Å². The van der Waals surface area contributed by atoms with Gasteiger partial charge in [-0.1, -0.05) is 23.8 Å². The van der Waals surface area contributed by atoms with Crippen LogP contribution >= 0.6 is 11.3 Å². The lowest BCUT2D eigenvalue weighted by Gasteiger charge is -2.34. The van der Waals surface area contributed by atoms with Gasteiger partial charge < -0.3 is 15.0 Å². The van der Waals surface area contributed by atoms with E-state index in [0.29, 0.717) is 30.8 Å². The van der Waals surface area contributed by atoms with Crippen LogP contribution in [0.2, 0.25) is 0 Å². The van der Waals surface area contributed by atoms with Crippen LogP contribution in [0.25, 0.3) is 5.57 Å². The smallest absolute Gasteiger partial charge is 0.254 e. The maximum absolute atomic E-state index is 13.2. The van der Waals surface area contributed by atoms with Crippen LogP contribution in [0.4, 0.5) is 0 Å². The molecule has 0 radical (unpaired) electrons. The van der Waals surface area contributed by atoms with E-state index in [4.69, 9.17) is 4.74 Å². The summed E-state index contributed by atoms with van der Waals surface area (Å²) in [4.78, 5) is 33.7. The summed E-state index contributed by atoms with van der Waals surface area (Å²) in [5.74, 6) is 0.398. The van der Waals surface area contributed by atoms with Gasteiger partial charge in [0.15, 0.2) is 0 Å². The fourth-order valence-electron chi connectivity index (χ4n) is 4.45. The van der Waals surface area contributed by atoms with Crippen molar-refractivity contribution in [2.24, 2.45) is 0 Å². The molecule has 1 N–H and O–H groups in total. The number of rotatable bonds is 6. The molecule has 1 aromatic carbocycles. The van der Waals surface area contributed by atoms with Crippen molar-refractivity contribution in [1.29, 1.82) is 0 Å². The van der Waals surface area contributed by atoms with Gasteiger partial charge in [0, 0.05) is 18.7 Å². The monoisotopic (exact) mass is 451 g/mol. The molecule has 2 aliphatic rings. The molecule has 32 heavy (non-hydrogen) atoms. The number of carbonyl (C=O) groups excluding carboxylic acids is 2. The molecule has 2 aromatic rings. The molecule has 2 amide bonds. The van der Waals surface area contributed by atoms with E-state index in [1.54, 1.807) is 47.6 Å². The molecule has 6 nitrogen and oxygen atoms in total. The average Bonchev–Trinajstić information content (AvgIpc) is 3.43. The molecule has 2 heterocycles. The maximum atomic E-state index is 13.2. The molecule has 1 atom stereocenters. The Hall–Kier alpha value is -2.93. The standard InChI is InChI=1S/C25H29N3O3S/c1-17-22(32-16-27-17)19-10-8-18(9-11-19)15-26-24(30)25(2)12-5-13-28(25)23(29)20-6-4-7-21(14-20)31-3/h4,6-8,10,14,16H,5,9,11-13,15H2,1-3H3,(H,26,30). The SMILES string of the molecule is COc1cccc(C(=O)N2CCCC2(C)C(=O)NCC2=CC=C(c3scnc3C)CC2)c1. The van der Waals surface area contributed by atoms with E-state index in [2.05, 4.69) is 22.5 Å². The summed E-state index contributed by atoms with van der Waals surface area (Å²) in [6, 6.07) is 7.09. The number of thiazole rings is 1. The molecule has 0 bridgehead atoms. The maximum Gasteiger partial charge on any atom is 0.254 e. The van der Waals surface area contributed by atoms with Gasteiger partial charge in [-0.15, -0.1) is 11.3 Å². The van der Waals surface area contributed by atoms with Crippen molar-refractivity contribution in [3.63, 3.8) is 0 Å². The number of nitrogens with one attached hydrogen (secondary N) is 1. The molecule has 0 spiro atoms. The summed E-state index contributed by atoms with van der Waals surface area (Å²) in [5, 5.41) is 3.09. The largest absolute Gasteiger partial charge is 0.497 e. The Morgan fingerprint density at radius 1 is 1.28 bits per heavy atom. The molecule has 1 fully saturated rings. The second kappa shape index (κ2) is 9.28. The second-order valence-corrected chi connectivity index (χ2v) is 9.39. The first-order chi connectivity index (χ1) is 15.4. The van der Waals surface area contributed by atoms with Gasteiger partial charge in [0.2, 0.25) is 5.91 Å². The minimum atomic E-state index is -0.851. The lowest BCUT2D eigenvalue weighted by molar-refractivity contribution is -0.129. The molecule has 1 aromatic heterocycles. The van der Waals surface area contributed by atoms with Gasteiger partial charge in [-0.25, -0.2) is 4.98 Å². The van der Waals surface area contributed by atoms with Crippen LogP contribution in [0.3, 0.4) is 0 Å². The zero-order chi connectivity index (χ0) is 22.7. The molecule has 4 rings (SSSR count). The van der Waals surface area contributed by atoms with E-state index < -0.39 is 5.54 Å². The van der Waals surface area contributed by atoms with Crippen molar-refractivity contribution in [2.75, 3.05) is 20.2 Å². The zero-order valence-electron chi connectivity index (χ0n) is 18.8. The minimum Gasteiger partial charge on any atom is -0.497 e. The Kier molecular flexibility index (Phi) is 6.46. The van der Waals surface area contributed by atoms with E-state index in [0.717, 1.165) is 25.0 Å². The third kappa shape index (κ3) is 4.35. The molecule has 1 unspecified atom stereocenters. The Morgan fingerprint density at radius 2 is 2.12 bits per heavy atom. The Balaban J connectivity index is 1.42. The van der Waals surface area contributed by atoms with E-state index in [1.165, 1.54) is 16.0 Å². The molecule has 1 saturated heterocycles. The lowest BCUT2D eigenvalue weighted by atomic mass is 9.95. The third-order valence-electron chi connectivity index (χ3n) is 6.44. The van der Waals surface area contributed by atoms with Gasteiger partial charge in [-0.3, -0.25) is 9.59 Å². The van der Waals surface area contributed by atoms with E-state index >= 15 is 0 Å². The average molecular weight is 452 g/mol. The van der Waals surface area contributed by atoms with Crippen LogP contribution in [-0.4, -0.2) is 47.4 Å². The number of methoxy groups -OCH3 is 1. The Bertz CT molecular complexity index is 1090. The van der Waals surface area contributed by atoms with Gasteiger partial charge >= 0.3 is 0 Å². The molecule has 1 aliphatic carbocycles. The van der Waals surface area contributed by atoms with Gasteiger partial charge in [0.25, 0.3) is 5.91 Å². The number of hydrogen-bond acceptors (Lipinski definition) is 5. The molecular weight excluding hydrogens is 422 g/mol. The highest BCUT2D eigenvalue weighted by Gasteiger charge is 2.45. The van der Waals surface area contributed by atoms with Crippen LogP contribution in [0, 0.1) is 6.92 Å². The van der Waals surface area contributed by atoms with Gasteiger partial charge in [0.1, 0.15) is 11.3 Å². The van der Waals surface area contributed by atoms with E-state index in [1.807, 2.05) is 19.4 Å². The first kappa shape index (κ1) is 22.3. The topological polar surface area (TPSA) is 71.5 Å². The van der Waals surface area contributed by atoms with E-state index in [-0.39, 0.29) is 11.8 Å². The number of aromatic nitrogens is 1. The summed E-state index contributed by atoms with van der Waals surface area (Å²) in [5.41, 5.74) is 5.13. The van der Waals surface area contributed by atoms with Crippen molar-refractivity contribution in [3.8, 4) is 5.75 Å². The van der Waals surface area contributed by atoms with Gasteiger partial charge in [-0.05, 0) is 63.3 Å². The zero-order valence-corrected chi connectivity index (χ0v) is 19.6. The highest BCUT2D eigenvalue weighted by molar-refractivity contribution is 7.10. The predicted molar refractivity (Wildman–Crippen MR) is 127 cm³/mol. The second-order valence-electron chi connectivity index (χ2n) is 8.53. The summed E-state index contributed by atoms with van der Waals surface area (Å²) in [6.45, 7) is 4.98. The van der Waals surface area contributed by atoms with Gasteiger partial charge in [-0.2, -0.15) is 0 Å². The molecule has 168 valence electrons. The molecular formula is C25H29N3O3S. The molecule has 7 heteroatoms. The van der Waals surface area contributed by atoms with Crippen molar-refractivity contribution >= 4 is 28.7 Å². The van der Waals surface area contributed by atoms with Crippen LogP contribution in [0.5, 0.6) is 5.75 Å². The van der Waals surface area contributed by atoms with Crippen LogP contribution in [0.1, 0.15) is 53.5 Å². The molecule has 0 saturated carbocycles. The number of likely N-dealkylation sites (tertiary alicyclic amines) is 1. The Labute approximate surface area is 193 Å². The summed E-state index contributed by atoms with van der Waals surface area (Å²) in [6.07, 6.45) is 7.57. The first-order valence-corrected chi connectivity index (χ1v) is 11.8. The highest BCUT2D eigenvalue weighted by atomic mass is 32.1. The van der Waals surface area contributed by atoms with Crippen molar-refractivity contribution in [2.45, 2.75) is 45.1 Å². The number of allylic oxidation sites excluding steroid dienone is 3. The third-order valence-corrected chi connectivity index (χ3v) is 7.45. The highest BCUT2D eigenvalue weighted by Crippen LogP contribution is 2.33. The Morgan fingerprint density at radius 3 is 2.81 bits per heavy atom. The summed E-state index contributed by atoms with van der Waals surface area (Å²) >= 11 is 1.67. The van der Waals surface area contributed by atoms with E-state index in [9.17, 15) is 9.59 Å². The van der Waals surface area contributed by atoms with Crippen molar-refractivity contribution in [1.82, 2.24) is 15.2 Å². The quantitative estimate of drug-likeness (QED) is 0.708. The van der Waals surface area contributed by atoms with Gasteiger partial charge in [0.05, 0.1) is 23.2 Å². The number of benzene rings is 1. The normalized spacial score (nSPS) is 20.5. The summed E-state index contributed by atoms with van der Waals surface area (Å²) in [7, 11) is 1.58. The number of nitrogens with zero attached hydrogens (tertiary/aromatic N) is 2. The number of hydrogen-bond donors (Lipinski definition) is 1. The first-order valence-electron chi connectivity index (χ1n) is 11.0. The number of aryl methyl sites for hydroxylation is 1. The number of amides is 2. The fourth-order valence-corrected chi connectivity index (χ4v) is 5.31. The van der Waals surface area contributed by atoms with Crippen molar-refractivity contribution in [3.05, 3.63) is 63.6 Å². The fraction of sp³-hybridized carbons (Fsp3) is 0.400. The lowest BCUT2D eigenvalue weighted by Crippen LogP contribution is -2.55. The van der Waals surface area contributed by atoms with Crippen molar-refractivity contribution < 1.29 is 14.3 Å². The van der Waals surface area contributed by atoms with Crippen LogP contribution in [-0.2, 0) is 4.79 Å². The number of ether oxygens (including phenoxy) is 1.